The highest BCUT2D eigenvalue weighted by molar-refractivity contribution is 8.14. The van der Waals surface area contributed by atoms with E-state index >= 15 is 0 Å². The molecule has 0 spiro atoms. The van der Waals surface area contributed by atoms with Gasteiger partial charge in [0.25, 0.3) is 0 Å². The van der Waals surface area contributed by atoms with E-state index in [9.17, 15) is 5.11 Å². The van der Waals surface area contributed by atoms with Crippen LogP contribution in [0.4, 0.5) is 0 Å². The molecule has 1 rings (SSSR count). The predicted molar refractivity (Wildman–Crippen MR) is 72.1 cm³/mol. The number of thioether (sulfide) groups is 1. The number of ether oxygens (including phenoxy) is 1. The monoisotopic (exact) mass is 272 g/mol. The molecule has 0 amide bonds. The number of aliphatic hydroxyl groups is 1. The van der Waals surface area contributed by atoms with Crippen molar-refractivity contribution in [3.8, 4) is 6.07 Å². The molecule has 0 aromatic heterocycles. The van der Waals surface area contributed by atoms with E-state index in [1.54, 1.807) is 0 Å². The van der Waals surface area contributed by atoms with Crippen LogP contribution in [0.15, 0.2) is 4.99 Å². The average Bonchev–Trinajstić information content (AvgIpc) is 2.28. The number of nitrogens with two attached hydrogens (primary N) is 1. The normalized spacial score (nSPS) is 28.9. The standard InChI is InChI=1S/C11H20N4O2S/c1-2-15-11(13)18-10-6-8(16)5-9(17-10)7-14-4-3-12/h8-10,14,16H,2,4-7H2,1H3,(H2,13,15). The van der Waals surface area contributed by atoms with Gasteiger partial charge in [-0.05, 0) is 6.92 Å². The molecule has 1 aliphatic rings. The van der Waals surface area contributed by atoms with Gasteiger partial charge < -0.3 is 20.9 Å². The molecule has 1 heterocycles. The van der Waals surface area contributed by atoms with Gasteiger partial charge in [0.2, 0.25) is 0 Å². The van der Waals surface area contributed by atoms with Gasteiger partial charge in [0.15, 0.2) is 5.17 Å². The number of aliphatic imine (C=N–C) groups is 1. The molecule has 18 heavy (non-hydrogen) atoms. The molecule has 4 N–H and O–H groups in total. The van der Waals surface area contributed by atoms with Crippen LogP contribution in [0, 0.1) is 11.3 Å². The summed E-state index contributed by atoms with van der Waals surface area (Å²) in [5, 5.41) is 21.7. The second-order valence-electron chi connectivity index (χ2n) is 4.03. The lowest BCUT2D eigenvalue weighted by Crippen LogP contribution is -2.40. The summed E-state index contributed by atoms with van der Waals surface area (Å²) in [4.78, 5) is 4.08. The molecule has 3 atom stereocenters. The zero-order valence-corrected chi connectivity index (χ0v) is 11.3. The van der Waals surface area contributed by atoms with Crippen molar-refractivity contribution in [2.75, 3.05) is 19.6 Å². The third-order valence-electron chi connectivity index (χ3n) is 2.49. The molecular formula is C11H20N4O2S. The molecule has 6 nitrogen and oxygen atoms in total. The van der Waals surface area contributed by atoms with Gasteiger partial charge in [0, 0.05) is 25.9 Å². The van der Waals surface area contributed by atoms with Gasteiger partial charge in [-0.2, -0.15) is 5.26 Å². The van der Waals surface area contributed by atoms with E-state index in [4.69, 9.17) is 15.7 Å². The Kier molecular flexibility index (Phi) is 7.05. The first-order valence-electron chi connectivity index (χ1n) is 6.03. The van der Waals surface area contributed by atoms with Crippen LogP contribution in [0.25, 0.3) is 0 Å². The van der Waals surface area contributed by atoms with Crippen LogP contribution in [0.5, 0.6) is 0 Å². The Balaban J connectivity index is 2.40. The Morgan fingerprint density at radius 2 is 2.44 bits per heavy atom. The smallest absolute Gasteiger partial charge is 0.156 e. The number of nitriles is 1. The number of amidine groups is 1. The molecule has 0 aliphatic carbocycles. The molecule has 1 saturated heterocycles. The van der Waals surface area contributed by atoms with Crippen LogP contribution < -0.4 is 11.1 Å². The van der Waals surface area contributed by atoms with Crippen LogP contribution in [0.1, 0.15) is 19.8 Å². The average molecular weight is 272 g/mol. The van der Waals surface area contributed by atoms with Crippen molar-refractivity contribution < 1.29 is 9.84 Å². The van der Waals surface area contributed by atoms with Crippen LogP contribution in [-0.4, -0.2) is 47.6 Å². The highest BCUT2D eigenvalue weighted by Gasteiger charge is 2.29. The van der Waals surface area contributed by atoms with Crippen LogP contribution >= 0.6 is 11.8 Å². The molecule has 102 valence electrons. The zero-order valence-electron chi connectivity index (χ0n) is 10.5. The zero-order chi connectivity index (χ0) is 13.4. The second-order valence-corrected chi connectivity index (χ2v) is 5.21. The van der Waals surface area contributed by atoms with E-state index in [-0.39, 0.29) is 24.2 Å². The van der Waals surface area contributed by atoms with Gasteiger partial charge in [-0.25, -0.2) is 0 Å². The number of hydrogen-bond acceptors (Lipinski definition) is 6. The lowest BCUT2D eigenvalue weighted by atomic mass is 10.1. The summed E-state index contributed by atoms with van der Waals surface area (Å²) in [7, 11) is 0. The van der Waals surface area contributed by atoms with Gasteiger partial charge in [-0.3, -0.25) is 4.99 Å². The molecule has 7 heteroatoms. The van der Waals surface area contributed by atoms with Crippen molar-refractivity contribution in [1.82, 2.24) is 5.32 Å². The maximum Gasteiger partial charge on any atom is 0.156 e. The van der Waals surface area contributed by atoms with Crippen molar-refractivity contribution in [2.24, 2.45) is 10.7 Å². The predicted octanol–water partition coefficient (Wildman–Crippen LogP) is 0.0334. The first-order valence-corrected chi connectivity index (χ1v) is 6.91. The second kappa shape index (κ2) is 8.32. The summed E-state index contributed by atoms with van der Waals surface area (Å²) >= 11 is 1.34. The van der Waals surface area contributed by atoms with Crippen LogP contribution in [0.2, 0.25) is 0 Å². The molecule has 1 fully saturated rings. The number of rotatable bonds is 5. The molecular weight excluding hydrogens is 252 g/mol. The lowest BCUT2D eigenvalue weighted by molar-refractivity contribution is -0.0565. The molecule has 0 aromatic rings. The fourth-order valence-corrected chi connectivity index (χ4v) is 2.78. The van der Waals surface area contributed by atoms with E-state index in [1.165, 1.54) is 11.8 Å². The Hall–Kier alpha value is -0.810. The summed E-state index contributed by atoms with van der Waals surface area (Å²) in [5.74, 6) is 0. The van der Waals surface area contributed by atoms with Crippen molar-refractivity contribution >= 4 is 16.9 Å². The number of nitrogens with zero attached hydrogens (tertiary/aromatic N) is 2. The number of hydrogen-bond donors (Lipinski definition) is 3. The fourth-order valence-electron chi connectivity index (χ4n) is 1.77. The van der Waals surface area contributed by atoms with E-state index in [0.717, 1.165) is 0 Å². The van der Waals surface area contributed by atoms with Gasteiger partial charge >= 0.3 is 0 Å². The third kappa shape index (κ3) is 5.69. The number of aliphatic hydroxyl groups excluding tert-OH is 1. The fraction of sp³-hybridized carbons (Fsp3) is 0.818. The van der Waals surface area contributed by atoms with Crippen LogP contribution in [0.3, 0.4) is 0 Å². The number of nitrogens with one attached hydrogen (secondary N) is 1. The maximum absolute atomic E-state index is 9.78. The summed E-state index contributed by atoms with van der Waals surface area (Å²) in [6.07, 6.45) is 0.660. The molecule has 0 bridgehead atoms. The molecule has 0 saturated carbocycles. The SMILES string of the molecule is CCN=C(N)SC1CC(O)CC(CNCC#N)O1. The molecule has 1 aliphatic heterocycles. The summed E-state index contributed by atoms with van der Waals surface area (Å²) in [5.41, 5.74) is 5.55. The summed E-state index contributed by atoms with van der Waals surface area (Å²) < 4.78 is 5.79. The van der Waals surface area contributed by atoms with E-state index in [0.29, 0.717) is 31.1 Å². The Morgan fingerprint density at radius 3 is 3.11 bits per heavy atom. The lowest BCUT2D eigenvalue weighted by Gasteiger charge is -2.32. The van der Waals surface area contributed by atoms with Crippen molar-refractivity contribution in [3.63, 3.8) is 0 Å². The minimum atomic E-state index is -0.389. The first kappa shape index (κ1) is 15.2. The topological polar surface area (TPSA) is 104 Å². The van der Waals surface area contributed by atoms with Crippen molar-refractivity contribution in [3.05, 3.63) is 0 Å². The quantitative estimate of drug-likeness (QED) is 0.282. The Labute approximate surface area is 112 Å². The van der Waals surface area contributed by atoms with E-state index < -0.39 is 0 Å². The van der Waals surface area contributed by atoms with Gasteiger partial charge in [-0.15, -0.1) is 0 Å². The summed E-state index contributed by atoms with van der Waals surface area (Å²) in [6, 6.07) is 2.01. The highest BCUT2D eigenvalue weighted by Crippen LogP contribution is 2.27. The largest absolute Gasteiger partial charge is 0.393 e. The van der Waals surface area contributed by atoms with Crippen molar-refractivity contribution in [2.45, 2.75) is 37.4 Å². The molecule has 0 aromatic carbocycles. The highest BCUT2D eigenvalue weighted by atomic mass is 32.2. The van der Waals surface area contributed by atoms with Gasteiger partial charge in [0.05, 0.1) is 24.8 Å². The first-order chi connectivity index (χ1) is 8.65. The van der Waals surface area contributed by atoms with E-state index in [1.807, 2.05) is 13.0 Å². The van der Waals surface area contributed by atoms with E-state index in [2.05, 4.69) is 10.3 Å². The molecule has 0 radical (unpaired) electrons. The van der Waals surface area contributed by atoms with Crippen LogP contribution in [-0.2, 0) is 4.74 Å². The Bertz CT molecular complexity index is 319. The van der Waals surface area contributed by atoms with Crippen molar-refractivity contribution in [1.29, 1.82) is 5.26 Å². The summed E-state index contributed by atoms with van der Waals surface area (Å²) in [6.45, 7) is 3.40. The van der Waals surface area contributed by atoms with Gasteiger partial charge in [-0.1, -0.05) is 11.8 Å². The third-order valence-corrected chi connectivity index (χ3v) is 3.42. The minimum absolute atomic E-state index is 0.0889. The minimum Gasteiger partial charge on any atom is -0.393 e. The van der Waals surface area contributed by atoms with Gasteiger partial charge in [0.1, 0.15) is 5.44 Å². The Morgan fingerprint density at radius 1 is 1.67 bits per heavy atom. The molecule has 3 unspecified atom stereocenters. The maximum atomic E-state index is 9.78.